The Hall–Kier alpha value is -3.27. The van der Waals surface area contributed by atoms with Crippen LogP contribution in [0.25, 0.3) is 22.9 Å². The molecule has 5 rings (SSSR count). The molecule has 4 heteroatoms. The topological polar surface area (TPSA) is 42.4 Å². The molecule has 0 aromatic heterocycles. The van der Waals surface area contributed by atoms with Gasteiger partial charge in [-0.05, 0) is 40.5 Å². The molecule has 0 atom stereocenters. The van der Waals surface area contributed by atoms with Crippen LogP contribution in [0.2, 0.25) is 0 Å². The molecular formula is C22H20N4. The average molecular weight is 340 g/mol. The van der Waals surface area contributed by atoms with Crippen LogP contribution in [0.1, 0.15) is 16.7 Å². The first-order valence-corrected chi connectivity index (χ1v) is 8.90. The van der Waals surface area contributed by atoms with Crippen molar-refractivity contribution in [1.82, 2.24) is 5.43 Å². The summed E-state index contributed by atoms with van der Waals surface area (Å²) in [5.74, 6) is 0.370. The lowest BCUT2D eigenvalue weighted by molar-refractivity contribution is 0.784. The quantitative estimate of drug-likeness (QED) is 0.423. The van der Waals surface area contributed by atoms with E-state index in [9.17, 15) is 0 Å². The lowest BCUT2D eigenvalue weighted by Gasteiger charge is -2.28. The Morgan fingerprint density at radius 2 is 1.92 bits per heavy atom. The minimum Gasteiger partial charge on any atom is -0.314 e. The molecule has 0 radical (unpaired) electrons. The molecule has 1 aliphatic carbocycles. The fourth-order valence-electron chi connectivity index (χ4n) is 3.98. The van der Waals surface area contributed by atoms with E-state index in [0.29, 0.717) is 5.96 Å². The number of hydrazine groups is 1. The number of nitrogens with zero attached hydrogens (tertiary/aromatic N) is 2. The zero-order valence-corrected chi connectivity index (χ0v) is 14.7. The zero-order valence-electron chi connectivity index (χ0n) is 14.7. The van der Waals surface area contributed by atoms with Gasteiger partial charge in [-0.25, -0.2) is 0 Å². The Bertz CT molecular complexity index is 1070. The van der Waals surface area contributed by atoms with E-state index in [4.69, 9.17) is 5.41 Å². The van der Waals surface area contributed by atoms with E-state index in [1.807, 2.05) is 18.0 Å². The van der Waals surface area contributed by atoms with Crippen molar-refractivity contribution in [2.75, 3.05) is 23.5 Å². The third kappa shape index (κ3) is 2.19. The minimum atomic E-state index is 0.370. The normalized spacial score (nSPS) is 14.0. The van der Waals surface area contributed by atoms with Gasteiger partial charge in [0.1, 0.15) is 0 Å². The molecule has 1 heterocycles. The van der Waals surface area contributed by atoms with Crippen molar-refractivity contribution in [1.29, 1.82) is 5.41 Å². The third-order valence-corrected chi connectivity index (χ3v) is 5.35. The molecule has 4 nitrogen and oxygen atoms in total. The number of rotatable bonds is 2. The van der Waals surface area contributed by atoms with E-state index in [1.54, 1.807) is 0 Å². The first-order valence-electron chi connectivity index (χ1n) is 8.90. The van der Waals surface area contributed by atoms with Crippen LogP contribution >= 0.6 is 0 Å². The molecule has 0 fully saturated rings. The van der Waals surface area contributed by atoms with Gasteiger partial charge in [0.2, 0.25) is 5.96 Å². The highest BCUT2D eigenvalue weighted by molar-refractivity contribution is 6.10. The van der Waals surface area contributed by atoms with E-state index in [2.05, 4.69) is 71.1 Å². The zero-order chi connectivity index (χ0) is 17.7. The van der Waals surface area contributed by atoms with E-state index in [1.165, 1.54) is 27.5 Å². The summed E-state index contributed by atoms with van der Waals surface area (Å²) in [6, 6.07) is 19.0. The van der Waals surface area contributed by atoms with Gasteiger partial charge in [0, 0.05) is 19.2 Å². The van der Waals surface area contributed by atoms with E-state index < -0.39 is 0 Å². The van der Waals surface area contributed by atoms with Crippen LogP contribution < -0.4 is 15.3 Å². The molecule has 3 aromatic carbocycles. The Kier molecular flexibility index (Phi) is 3.25. The van der Waals surface area contributed by atoms with Crippen LogP contribution in [0, 0.1) is 5.41 Å². The molecule has 0 saturated heterocycles. The molecule has 0 unspecified atom stereocenters. The first-order chi connectivity index (χ1) is 12.7. The number of hydrogen-bond acceptors (Lipinski definition) is 2. The van der Waals surface area contributed by atoms with Crippen molar-refractivity contribution in [2.24, 2.45) is 0 Å². The molecular weight excluding hydrogens is 320 g/mol. The number of guanidine groups is 1. The smallest absolute Gasteiger partial charge is 0.214 e. The molecule has 0 amide bonds. The third-order valence-electron chi connectivity index (χ3n) is 5.35. The summed E-state index contributed by atoms with van der Waals surface area (Å²) in [6.07, 6.45) is 5.32. The molecule has 0 saturated carbocycles. The van der Waals surface area contributed by atoms with Crippen LogP contribution in [0.4, 0.5) is 11.4 Å². The van der Waals surface area contributed by atoms with Gasteiger partial charge < -0.3 is 4.90 Å². The van der Waals surface area contributed by atoms with Gasteiger partial charge in [0.15, 0.2) is 0 Å². The maximum absolute atomic E-state index is 8.58. The Morgan fingerprint density at radius 1 is 1.04 bits per heavy atom. The summed E-state index contributed by atoms with van der Waals surface area (Å²) < 4.78 is 0. The number of benzene rings is 3. The minimum absolute atomic E-state index is 0.370. The van der Waals surface area contributed by atoms with Gasteiger partial charge in [0.05, 0.1) is 11.4 Å². The fraction of sp³-hybridized carbons (Fsp3) is 0.136. The number of hydrogen-bond donors (Lipinski definition) is 2. The van der Waals surface area contributed by atoms with Gasteiger partial charge in [-0.3, -0.25) is 15.8 Å². The van der Waals surface area contributed by atoms with Crippen molar-refractivity contribution in [3.8, 4) is 0 Å². The average Bonchev–Trinajstić information content (AvgIpc) is 3.28. The standard InChI is InChI=1S/C22H20N4/c1-25(22(23)24-26-14-13-15-5-2-3-8-19(15)26)20-12-10-17-7-4-6-16-9-11-18(20)21(16)17/h2-12H,13-14H2,1H3,(H2,23,24). The highest BCUT2D eigenvalue weighted by Gasteiger charge is 2.22. The first kappa shape index (κ1) is 15.0. The van der Waals surface area contributed by atoms with Gasteiger partial charge in [-0.2, -0.15) is 0 Å². The SMILES string of the molecule is CN(C(=N)NN1CCc2ccccc21)c1ccc2cccc3c2c1C=C3. The Labute approximate surface area is 152 Å². The molecule has 26 heavy (non-hydrogen) atoms. The van der Waals surface area contributed by atoms with Crippen LogP contribution in [0.5, 0.6) is 0 Å². The van der Waals surface area contributed by atoms with Crippen molar-refractivity contribution in [2.45, 2.75) is 6.42 Å². The summed E-state index contributed by atoms with van der Waals surface area (Å²) in [6.45, 7) is 0.879. The van der Waals surface area contributed by atoms with Crippen LogP contribution in [-0.4, -0.2) is 19.6 Å². The predicted molar refractivity (Wildman–Crippen MR) is 110 cm³/mol. The summed E-state index contributed by atoms with van der Waals surface area (Å²) in [7, 11) is 1.95. The predicted octanol–water partition coefficient (Wildman–Crippen LogP) is 4.26. The number of fused-ring (bicyclic) bond motifs is 1. The van der Waals surface area contributed by atoms with Crippen molar-refractivity contribution in [3.05, 3.63) is 71.3 Å². The molecule has 0 bridgehead atoms. The van der Waals surface area contributed by atoms with E-state index in [0.717, 1.165) is 24.3 Å². The molecule has 2 aliphatic rings. The highest BCUT2D eigenvalue weighted by Crippen LogP contribution is 2.37. The monoisotopic (exact) mass is 340 g/mol. The summed E-state index contributed by atoms with van der Waals surface area (Å²) in [5, 5.41) is 13.2. The van der Waals surface area contributed by atoms with Crippen molar-refractivity contribution >= 4 is 40.3 Å². The molecule has 3 aromatic rings. The largest absolute Gasteiger partial charge is 0.314 e. The molecule has 0 spiro atoms. The van der Waals surface area contributed by atoms with Gasteiger partial charge in [0.25, 0.3) is 0 Å². The molecule has 128 valence electrons. The maximum atomic E-state index is 8.58. The Balaban J connectivity index is 1.45. The van der Waals surface area contributed by atoms with Gasteiger partial charge >= 0.3 is 0 Å². The molecule has 1 aliphatic heterocycles. The van der Waals surface area contributed by atoms with E-state index in [-0.39, 0.29) is 0 Å². The summed E-state index contributed by atoms with van der Waals surface area (Å²) >= 11 is 0. The van der Waals surface area contributed by atoms with Crippen LogP contribution in [0.15, 0.2) is 54.6 Å². The number of para-hydroxylation sites is 1. The summed E-state index contributed by atoms with van der Waals surface area (Å²) in [4.78, 5) is 1.92. The van der Waals surface area contributed by atoms with Gasteiger partial charge in [-0.1, -0.05) is 54.6 Å². The van der Waals surface area contributed by atoms with Gasteiger partial charge in [-0.15, -0.1) is 0 Å². The second-order valence-electron chi connectivity index (χ2n) is 6.83. The Morgan fingerprint density at radius 3 is 2.85 bits per heavy atom. The number of nitrogens with one attached hydrogen (secondary N) is 2. The van der Waals surface area contributed by atoms with Crippen LogP contribution in [0.3, 0.4) is 0 Å². The lowest BCUT2D eigenvalue weighted by atomic mass is 10.0. The molecule has 2 N–H and O–H groups in total. The summed E-state index contributed by atoms with van der Waals surface area (Å²) in [5.41, 5.74) is 9.24. The fourth-order valence-corrected chi connectivity index (χ4v) is 3.98. The second kappa shape index (κ2) is 5.63. The van der Waals surface area contributed by atoms with Crippen molar-refractivity contribution in [3.63, 3.8) is 0 Å². The second-order valence-corrected chi connectivity index (χ2v) is 6.83. The van der Waals surface area contributed by atoms with E-state index >= 15 is 0 Å². The highest BCUT2D eigenvalue weighted by atomic mass is 15.6. The maximum Gasteiger partial charge on any atom is 0.214 e. The number of anilines is 2. The lowest BCUT2D eigenvalue weighted by Crippen LogP contribution is -2.48. The van der Waals surface area contributed by atoms with Crippen LogP contribution in [-0.2, 0) is 6.42 Å². The van der Waals surface area contributed by atoms with Crippen molar-refractivity contribution < 1.29 is 0 Å².